The lowest BCUT2D eigenvalue weighted by Gasteiger charge is -2.36. The first-order valence-corrected chi connectivity index (χ1v) is 9.15. The number of carbonyl (C=O) groups excluding carboxylic acids is 1. The summed E-state index contributed by atoms with van der Waals surface area (Å²) in [5, 5.41) is 12.0. The zero-order valence-corrected chi connectivity index (χ0v) is 15.0. The van der Waals surface area contributed by atoms with Gasteiger partial charge in [0.25, 0.3) is 0 Å². The Hall–Kier alpha value is -2.56. The van der Waals surface area contributed by atoms with Crippen molar-refractivity contribution in [3.8, 4) is 0 Å². The molecule has 0 saturated heterocycles. The number of halogens is 3. The molecular formula is C16H15F3N6OS. The van der Waals surface area contributed by atoms with Gasteiger partial charge in [-0.1, -0.05) is 30.0 Å². The SMILES string of the molecule is Cn1nnnc1SCC(=O)N1CCc2c([nH]c3ccccc23)C1C(F)(F)F. The largest absolute Gasteiger partial charge is 0.414 e. The van der Waals surface area contributed by atoms with E-state index < -0.39 is 18.1 Å². The second kappa shape index (κ2) is 6.55. The minimum Gasteiger partial charge on any atom is -0.356 e. The normalized spacial score (nSPS) is 17.3. The van der Waals surface area contributed by atoms with Crippen molar-refractivity contribution in [3.05, 3.63) is 35.5 Å². The number of aromatic amines is 1. The summed E-state index contributed by atoms with van der Waals surface area (Å²) >= 11 is 1.01. The molecule has 0 aliphatic carbocycles. The highest BCUT2D eigenvalue weighted by molar-refractivity contribution is 7.99. The molecular weight excluding hydrogens is 381 g/mol. The summed E-state index contributed by atoms with van der Waals surface area (Å²) in [4.78, 5) is 16.4. The molecule has 0 radical (unpaired) electrons. The molecule has 0 bridgehead atoms. The molecule has 1 aliphatic rings. The highest BCUT2D eigenvalue weighted by Crippen LogP contribution is 2.43. The molecule has 1 unspecified atom stereocenters. The molecule has 3 aromatic rings. The van der Waals surface area contributed by atoms with Gasteiger partial charge >= 0.3 is 6.18 Å². The van der Waals surface area contributed by atoms with Gasteiger partial charge in [-0.25, -0.2) is 4.68 Å². The maximum Gasteiger partial charge on any atom is 0.414 e. The first-order chi connectivity index (χ1) is 12.9. The fourth-order valence-electron chi connectivity index (χ4n) is 3.40. The third kappa shape index (κ3) is 3.15. The summed E-state index contributed by atoms with van der Waals surface area (Å²) in [5.74, 6) is -0.772. The minimum absolute atomic E-state index is 0.00941. The zero-order valence-electron chi connectivity index (χ0n) is 14.2. The average Bonchev–Trinajstić information content (AvgIpc) is 3.20. The highest BCUT2D eigenvalue weighted by atomic mass is 32.2. The maximum atomic E-state index is 13.9. The van der Waals surface area contributed by atoms with Gasteiger partial charge < -0.3 is 9.88 Å². The molecule has 27 heavy (non-hydrogen) atoms. The number of hydrogen-bond donors (Lipinski definition) is 1. The second-order valence-electron chi connectivity index (χ2n) is 6.22. The molecule has 11 heteroatoms. The van der Waals surface area contributed by atoms with E-state index in [2.05, 4.69) is 20.5 Å². The molecule has 1 aliphatic heterocycles. The van der Waals surface area contributed by atoms with Crippen LogP contribution in [0.2, 0.25) is 0 Å². The van der Waals surface area contributed by atoms with E-state index in [9.17, 15) is 18.0 Å². The van der Waals surface area contributed by atoms with E-state index in [1.165, 1.54) is 4.68 Å². The van der Waals surface area contributed by atoms with Gasteiger partial charge in [-0.05, 0) is 28.5 Å². The van der Waals surface area contributed by atoms with Crippen LogP contribution in [-0.2, 0) is 18.3 Å². The molecule has 1 amide bonds. The van der Waals surface area contributed by atoms with E-state index in [4.69, 9.17) is 0 Å². The van der Waals surface area contributed by atoms with Gasteiger partial charge in [0.2, 0.25) is 11.1 Å². The first-order valence-electron chi connectivity index (χ1n) is 8.17. The van der Waals surface area contributed by atoms with Gasteiger partial charge in [-0.2, -0.15) is 13.2 Å². The standard InChI is InChI=1S/C16H15F3N6OS/c1-24-15(21-22-23-24)27-8-12(26)25-7-6-10-9-4-2-3-5-11(9)20-13(10)14(25)16(17,18)19/h2-5,14,20H,6-8H2,1H3. The number of hydrogen-bond acceptors (Lipinski definition) is 5. The Kier molecular flexibility index (Phi) is 4.33. The zero-order chi connectivity index (χ0) is 19.2. The van der Waals surface area contributed by atoms with Crippen molar-refractivity contribution in [2.24, 2.45) is 7.05 Å². The monoisotopic (exact) mass is 396 g/mol. The number of amides is 1. The summed E-state index contributed by atoms with van der Waals surface area (Å²) in [7, 11) is 1.60. The topological polar surface area (TPSA) is 79.7 Å². The molecule has 7 nitrogen and oxygen atoms in total. The van der Waals surface area contributed by atoms with E-state index in [1.807, 2.05) is 0 Å². The van der Waals surface area contributed by atoms with Crippen molar-refractivity contribution in [2.75, 3.05) is 12.3 Å². The Morgan fingerprint density at radius 3 is 2.85 bits per heavy atom. The number of benzene rings is 1. The fourth-order valence-corrected chi connectivity index (χ4v) is 4.14. The number of thioether (sulfide) groups is 1. The molecule has 1 N–H and O–H groups in total. The highest BCUT2D eigenvalue weighted by Gasteiger charge is 2.50. The van der Waals surface area contributed by atoms with Crippen molar-refractivity contribution in [2.45, 2.75) is 23.8 Å². The van der Waals surface area contributed by atoms with E-state index >= 15 is 0 Å². The van der Waals surface area contributed by atoms with Gasteiger partial charge in [0.1, 0.15) is 0 Å². The molecule has 3 heterocycles. The summed E-state index contributed by atoms with van der Waals surface area (Å²) in [6, 6.07) is 5.11. The van der Waals surface area contributed by atoms with Crippen molar-refractivity contribution >= 4 is 28.6 Å². The Bertz CT molecular complexity index is 998. The maximum absolute atomic E-state index is 13.9. The van der Waals surface area contributed by atoms with Gasteiger partial charge in [-0.15, -0.1) is 5.10 Å². The molecule has 1 aromatic carbocycles. The fraction of sp³-hybridized carbons (Fsp3) is 0.375. The van der Waals surface area contributed by atoms with E-state index in [0.29, 0.717) is 22.7 Å². The van der Waals surface area contributed by atoms with Crippen LogP contribution in [0.25, 0.3) is 10.9 Å². The number of rotatable bonds is 3. The van der Waals surface area contributed by atoms with Gasteiger partial charge in [-0.3, -0.25) is 4.79 Å². The number of nitrogens with zero attached hydrogens (tertiary/aromatic N) is 5. The number of aryl methyl sites for hydroxylation is 1. The van der Waals surface area contributed by atoms with Crippen LogP contribution in [0.1, 0.15) is 17.3 Å². The van der Waals surface area contributed by atoms with Crippen molar-refractivity contribution in [3.63, 3.8) is 0 Å². The van der Waals surface area contributed by atoms with E-state index in [0.717, 1.165) is 22.0 Å². The Morgan fingerprint density at radius 2 is 2.15 bits per heavy atom. The summed E-state index contributed by atoms with van der Waals surface area (Å²) in [5.41, 5.74) is 1.32. The predicted molar refractivity (Wildman–Crippen MR) is 92.0 cm³/mol. The predicted octanol–water partition coefficient (Wildman–Crippen LogP) is 2.47. The lowest BCUT2D eigenvalue weighted by Crippen LogP contribution is -2.47. The molecule has 0 fully saturated rings. The molecule has 4 rings (SSSR count). The van der Waals surface area contributed by atoms with Crippen LogP contribution in [0.5, 0.6) is 0 Å². The molecule has 142 valence electrons. The average molecular weight is 396 g/mol. The van der Waals surface area contributed by atoms with Crippen LogP contribution in [0, 0.1) is 0 Å². The van der Waals surface area contributed by atoms with Crippen LogP contribution in [0.4, 0.5) is 13.2 Å². The number of nitrogens with one attached hydrogen (secondary N) is 1. The number of para-hydroxylation sites is 1. The number of tetrazole rings is 1. The minimum atomic E-state index is -4.58. The first kappa shape index (κ1) is 17.8. The van der Waals surface area contributed by atoms with Crippen LogP contribution >= 0.6 is 11.8 Å². The van der Waals surface area contributed by atoms with E-state index in [-0.39, 0.29) is 18.0 Å². The van der Waals surface area contributed by atoms with Crippen LogP contribution < -0.4 is 0 Å². The molecule has 2 aromatic heterocycles. The van der Waals surface area contributed by atoms with Crippen molar-refractivity contribution in [1.82, 2.24) is 30.1 Å². The summed E-state index contributed by atoms with van der Waals surface area (Å²) < 4.78 is 43.0. The number of carbonyl (C=O) groups is 1. The van der Waals surface area contributed by atoms with Crippen molar-refractivity contribution in [1.29, 1.82) is 0 Å². The Morgan fingerprint density at radius 1 is 1.37 bits per heavy atom. The molecule has 1 atom stereocenters. The van der Waals surface area contributed by atoms with Crippen LogP contribution in [0.15, 0.2) is 29.4 Å². The van der Waals surface area contributed by atoms with Crippen molar-refractivity contribution < 1.29 is 18.0 Å². The van der Waals surface area contributed by atoms with Crippen LogP contribution in [-0.4, -0.2) is 54.5 Å². The quantitative estimate of drug-likeness (QED) is 0.688. The van der Waals surface area contributed by atoms with Gasteiger partial charge in [0.15, 0.2) is 6.04 Å². The number of aromatic nitrogens is 5. The number of fused-ring (bicyclic) bond motifs is 3. The number of alkyl halides is 3. The molecule has 0 spiro atoms. The van der Waals surface area contributed by atoms with Gasteiger partial charge in [0.05, 0.1) is 11.4 Å². The van der Waals surface area contributed by atoms with Gasteiger partial charge in [0, 0.05) is 24.5 Å². The smallest absolute Gasteiger partial charge is 0.356 e. The van der Waals surface area contributed by atoms with Crippen LogP contribution in [0.3, 0.4) is 0 Å². The third-order valence-corrected chi connectivity index (χ3v) is 5.57. The Labute approximate surface area is 155 Å². The Balaban J connectivity index is 1.65. The number of H-pyrrole nitrogens is 1. The lowest BCUT2D eigenvalue weighted by atomic mass is 9.97. The molecule has 0 saturated carbocycles. The van der Waals surface area contributed by atoms with E-state index in [1.54, 1.807) is 31.3 Å². The summed E-state index contributed by atoms with van der Waals surface area (Å²) in [6.45, 7) is 0.00941. The second-order valence-corrected chi connectivity index (χ2v) is 7.16. The lowest BCUT2D eigenvalue weighted by molar-refractivity contribution is -0.193. The summed E-state index contributed by atoms with van der Waals surface area (Å²) in [6.07, 6.45) is -4.21. The third-order valence-electron chi connectivity index (χ3n) is 4.57.